The van der Waals surface area contributed by atoms with E-state index in [0.717, 1.165) is 29.9 Å². The van der Waals surface area contributed by atoms with Crippen LogP contribution in [0.3, 0.4) is 0 Å². The summed E-state index contributed by atoms with van der Waals surface area (Å²) in [5.74, 6) is -1.56. The third-order valence-corrected chi connectivity index (χ3v) is 6.64. The lowest BCUT2D eigenvalue weighted by atomic mass is 9.67. The van der Waals surface area contributed by atoms with E-state index >= 15 is 0 Å². The van der Waals surface area contributed by atoms with Crippen molar-refractivity contribution in [2.75, 3.05) is 20.2 Å². The van der Waals surface area contributed by atoms with E-state index in [1.807, 2.05) is 0 Å². The molecule has 0 radical (unpaired) electrons. The Morgan fingerprint density at radius 3 is 2.26 bits per heavy atom. The van der Waals surface area contributed by atoms with Crippen molar-refractivity contribution < 1.29 is 37.3 Å². The molecule has 1 aromatic rings. The summed E-state index contributed by atoms with van der Waals surface area (Å²) in [5.41, 5.74) is -4.27. The number of ether oxygens (including phenoxy) is 2. The van der Waals surface area contributed by atoms with Crippen molar-refractivity contribution in [3.05, 3.63) is 29.8 Å². The summed E-state index contributed by atoms with van der Waals surface area (Å²) < 4.78 is 52.1. The minimum atomic E-state index is -5.19. The highest BCUT2D eigenvalue weighted by Crippen LogP contribution is 2.47. The number of methoxy groups -OCH3 is 1. The van der Waals surface area contributed by atoms with Crippen LogP contribution in [0.15, 0.2) is 24.3 Å². The number of alkyl halides is 3. The van der Waals surface area contributed by atoms with Gasteiger partial charge < -0.3 is 19.5 Å². The molecule has 0 unspecified atom stereocenters. The van der Waals surface area contributed by atoms with E-state index in [1.165, 1.54) is 26.2 Å². The fourth-order valence-corrected chi connectivity index (χ4v) is 4.73. The minimum absolute atomic E-state index is 0.0697. The Morgan fingerprint density at radius 1 is 1.13 bits per heavy atom. The van der Waals surface area contributed by atoms with Gasteiger partial charge in [0.25, 0.3) is 11.5 Å². The Kier molecular flexibility index (Phi) is 6.55. The number of benzene rings is 1. The van der Waals surface area contributed by atoms with Crippen LogP contribution in [0.1, 0.15) is 51.0 Å². The van der Waals surface area contributed by atoms with Crippen molar-refractivity contribution >= 4 is 11.9 Å². The van der Waals surface area contributed by atoms with Gasteiger partial charge in [0.2, 0.25) is 0 Å². The lowest BCUT2D eigenvalue weighted by molar-refractivity contribution is -0.262. The van der Waals surface area contributed by atoms with Crippen molar-refractivity contribution in [3.8, 4) is 5.75 Å². The maximum Gasteiger partial charge on any atom is 0.430 e. The van der Waals surface area contributed by atoms with Gasteiger partial charge in [-0.3, -0.25) is 9.59 Å². The van der Waals surface area contributed by atoms with Crippen LogP contribution >= 0.6 is 0 Å². The number of carbonyl (C=O) groups excluding carboxylic acids is 2. The number of likely N-dealkylation sites (tertiary alicyclic amines) is 1. The number of rotatable bonds is 4. The summed E-state index contributed by atoms with van der Waals surface area (Å²) in [6.07, 6.45) is -1.18. The second kappa shape index (κ2) is 8.68. The number of hydrogen-bond donors (Lipinski definition) is 1. The Bertz CT molecular complexity index is 810. The maximum absolute atomic E-state index is 13.9. The van der Waals surface area contributed by atoms with Gasteiger partial charge in [0.15, 0.2) is 0 Å². The molecule has 2 aliphatic rings. The zero-order chi connectivity index (χ0) is 22.9. The average molecular weight is 443 g/mol. The molecule has 0 aromatic heterocycles. The Morgan fingerprint density at radius 2 is 1.74 bits per heavy atom. The average Bonchev–Trinajstić information content (AvgIpc) is 2.74. The van der Waals surface area contributed by atoms with Gasteiger partial charge in [0.1, 0.15) is 11.9 Å². The van der Waals surface area contributed by atoms with Crippen LogP contribution < -0.4 is 4.74 Å². The number of piperidine rings is 1. The van der Waals surface area contributed by atoms with E-state index in [4.69, 9.17) is 9.47 Å². The van der Waals surface area contributed by atoms with Crippen LogP contribution in [0.5, 0.6) is 5.75 Å². The predicted molar refractivity (Wildman–Crippen MR) is 105 cm³/mol. The summed E-state index contributed by atoms with van der Waals surface area (Å²) in [5, 5.41) is 10.7. The molecule has 1 saturated carbocycles. The Balaban J connectivity index is 1.72. The summed E-state index contributed by atoms with van der Waals surface area (Å²) in [7, 11) is 1.30. The van der Waals surface area contributed by atoms with Crippen molar-refractivity contribution in [3.63, 3.8) is 0 Å². The standard InChI is InChI=1S/C22H28F3NO5/c1-15(27)31-17-6-8-20(9-7-17)10-12-26(13-11-20)19(28)21(29,22(23,24)25)16-4-3-5-18(14-16)30-2/h3-5,14,17,29H,6-13H2,1-2H3/t21-/m1/s1. The van der Waals surface area contributed by atoms with Crippen molar-refractivity contribution in [2.45, 2.75) is 63.3 Å². The first-order valence-electron chi connectivity index (χ1n) is 10.4. The normalized spacial score (nSPS) is 21.4. The topological polar surface area (TPSA) is 76.1 Å². The smallest absolute Gasteiger partial charge is 0.430 e. The summed E-state index contributed by atoms with van der Waals surface area (Å²) in [4.78, 5) is 25.2. The SMILES string of the molecule is COc1cccc([C@@](O)(C(=O)N2CCC3(CCC(OC(C)=O)CC3)CC2)C(F)(F)F)c1. The fourth-order valence-electron chi connectivity index (χ4n) is 4.73. The monoisotopic (exact) mass is 443 g/mol. The molecule has 1 heterocycles. The molecule has 0 bridgehead atoms. The number of esters is 1. The number of hydrogen-bond acceptors (Lipinski definition) is 5. The van der Waals surface area contributed by atoms with Gasteiger partial charge in [-0.1, -0.05) is 12.1 Å². The van der Waals surface area contributed by atoms with Gasteiger partial charge in [0, 0.05) is 25.6 Å². The fraction of sp³-hybridized carbons (Fsp3) is 0.636. The van der Waals surface area contributed by atoms with E-state index in [0.29, 0.717) is 25.7 Å². The van der Waals surface area contributed by atoms with Crippen molar-refractivity contribution in [2.24, 2.45) is 5.41 Å². The van der Waals surface area contributed by atoms with E-state index < -0.39 is 23.2 Å². The molecule has 1 saturated heterocycles. The van der Waals surface area contributed by atoms with Crippen LogP contribution in [0.2, 0.25) is 0 Å². The second-order valence-corrected chi connectivity index (χ2v) is 8.54. The molecule has 3 rings (SSSR count). The van der Waals surface area contributed by atoms with Gasteiger partial charge >= 0.3 is 12.1 Å². The Hall–Kier alpha value is -2.29. The molecule has 6 nitrogen and oxygen atoms in total. The molecule has 1 spiro atoms. The highest BCUT2D eigenvalue weighted by Gasteiger charge is 2.62. The van der Waals surface area contributed by atoms with Gasteiger partial charge in [-0.25, -0.2) is 0 Å². The molecule has 1 aliphatic heterocycles. The van der Waals surface area contributed by atoms with E-state index in [1.54, 1.807) is 0 Å². The van der Waals surface area contributed by atoms with Crippen molar-refractivity contribution in [1.29, 1.82) is 0 Å². The number of aliphatic hydroxyl groups is 1. The molecule has 172 valence electrons. The molecule has 1 N–H and O–H groups in total. The third kappa shape index (κ3) is 4.66. The summed E-state index contributed by atoms with van der Waals surface area (Å²) in [6.45, 7) is 1.65. The molecule has 2 fully saturated rings. The third-order valence-electron chi connectivity index (χ3n) is 6.64. The van der Waals surface area contributed by atoms with Gasteiger partial charge in [-0.05, 0) is 56.1 Å². The molecule has 1 atom stereocenters. The zero-order valence-corrected chi connectivity index (χ0v) is 17.7. The molecule has 9 heteroatoms. The number of carbonyl (C=O) groups is 2. The van der Waals surface area contributed by atoms with Crippen molar-refractivity contribution in [1.82, 2.24) is 4.90 Å². The minimum Gasteiger partial charge on any atom is -0.497 e. The Labute approximate surface area is 179 Å². The highest BCUT2D eigenvalue weighted by molar-refractivity contribution is 5.87. The lowest BCUT2D eigenvalue weighted by Crippen LogP contribution is -2.58. The van der Waals surface area contributed by atoms with Gasteiger partial charge in [-0.2, -0.15) is 13.2 Å². The molecule has 1 aromatic carbocycles. The molecular weight excluding hydrogens is 415 g/mol. The molecule has 31 heavy (non-hydrogen) atoms. The largest absolute Gasteiger partial charge is 0.497 e. The van der Waals surface area contributed by atoms with E-state index in [9.17, 15) is 27.9 Å². The summed E-state index contributed by atoms with van der Waals surface area (Å²) in [6, 6.07) is 4.87. The van der Waals surface area contributed by atoms with Crippen LogP contribution in [-0.4, -0.2) is 54.4 Å². The molecular formula is C22H28F3NO5. The number of halogens is 3. The quantitative estimate of drug-likeness (QED) is 0.721. The highest BCUT2D eigenvalue weighted by atomic mass is 19.4. The first-order chi connectivity index (χ1) is 14.5. The second-order valence-electron chi connectivity index (χ2n) is 8.54. The van der Waals surface area contributed by atoms with Crippen LogP contribution in [0.4, 0.5) is 13.2 Å². The first-order valence-corrected chi connectivity index (χ1v) is 10.4. The lowest BCUT2D eigenvalue weighted by Gasteiger charge is -2.47. The van der Waals surface area contributed by atoms with E-state index in [2.05, 4.69) is 0 Å². The van der Waals surface area contributed by atoms with Crippen LogP contribution in [0, 0.1) is 5.41 Å². The van der Waals surface area contributed by atoms with Crippen LogP contribution in [0.25, 0.3) is 0 Å². The molecule has 1 aliphatic carbocycles. The number of amides is 1. The maximum atomic E-state index is 13.9. The summed E-state index contributed by atoms with van der Waals surface area (Å²) >= 11 is 0. The van der Waals surface area contributed by atoms with Gasteiger partial charge in [0.05, 0.1) is 7.11 Å². The van der Waals surface area contributed by atoms with E-state index in [-0.39, 0.29) is 36.3 Å². The predicted octanol–water partition coefficient (Wildman–Crippen LogP) is 3.56. The first kappa shape index (κ1) is 23.4. The van der Waals surface area contributed by atoms with Gasteiger partial charge in [-0.15, -0.1) is 0 Å². The van der Waals surface area contributed by atoms with Crippen LogP contribution in [-0.2, 0) is 19.9 Å². The number of nitrogens with zero attached hydrogens (tertiary/aromatic N) is 1. The molecule has 1 amide bonds. The zero-order valence-electron chi connectivity index (χ0n) is 17.7.